The van der Waals surface area contributed by atoms with Crippen molar-refractivity contribution in [1.82, 2.24) is 4.98 Å². The van der Waals surface area contributed by atoms with Crippen molar-refractivity contribution >= 4 is 40.2 Å². The Morgan fingerprint density at radius 1 is 1.67 bits per heavy atom. The molecular weight excluding hydrogens is 342 g/mol. The van der Waals surface area contributed by atoms with Gasteiger partial charge in [0.2, 0.25) is 0 Å². The standard InChI is InChI=1S/C8H5ClF2INO2/c9-7-4(12)1-3(2-5(14)15)6(13-7)8(10)11/h1,8H,2H2,(H,14,15). The molecule has 0 saturated carbocycles. The maximum atomic E-state index is 12.5. The Labute approximate surface area is 103 Å². The maximum absolute atomic E-state index is 12.5. The molecule has 0 spiro atoms. The van der Waals surface area contributed by atoms with Crippen LogP contribution in [0.4, 0.5) is 8.78 Å². The number of nitrogens with zero attached hydrogens (tertiary/aromatic N) is 1. The van der Waals surface area contributed by atoms with Crippen molar-refractivity contribution in [2.75, 3.05) is 0 Å². The third-order valence-corrected chi connectivity index (χ3v) is 3.02. The molecule has 1 heterocycles. The summed E-state index contributed by atoms with van der Waals surface area (Å²) in [5.41, 5.74) is -0.575. The predicted molar refractivity (Wildman–Crippen MR) is 58.3 cm³/mol. The number of pyridine rings is 1. The molecule has 0 aromatic carbocycles. The first-order chi connectivity index (χ1) is 6.91. The number of carbonyl (C=O) groups is 1. The van der Waals surface area contributed by atoms with Crippen LogP contribution in [0.3, 0.4) is 0 Å². The van der Waals surface area contributed by atoms with Crippen LogP contribution in [0.5, 0.6) is 0 Å². The first kappa shape index (κ1) is 12.6. The lowest BCUT2D eigenvalue weighted by molar-refractivity contribution is -0.136. The normalized spacial score (nSPS) is 10.7. The van der Waals surface area contributed by atoms with Gasteiger partial charge in [-0.05, 0) is 34.2 Å². The molecule has 82 valence electrons. The fraction of sp³-hybridized carbons (Fsp3) is 0.250. The van der Waals surface area contributed by atoms with Crippen molar-refractivity contribution in [1.29, 1.82) is 0 Å². The lowest BCUT2D eigenvalue weighted by atomic mass is 10.1. The van der Waals surface area contributed by atoms with E-state index < -0.39 is 24.5 Å². The zero-order chi connectivity index (χ0) is 11.6. The monoisotopic (exact) mass is 347 g/mol. The molecule has 0 aliphatic heterocycles. The van der Waals surface area contributed by atoms with Gasteiger partial charge in [0.15, 0.2) is 0 Å². The molecule has 0 saturated heterocycles. The van der Waals surface area contributed by atoms with Crippen LogP contribution in [0.2, 0.25) is 5.15 Å². The lowest BCUT2D eigenvalue weighted by Gasteiger charge is -2.07. The number of halogens is 4. The second kappa shape index (κ2) is 5.02. The quantitative estimate of drug-likeness (QED) is 0.676. The van der Waals surface area contributed by atoms with E-state index in [2.05, 4.69) is 4.98 Å². The third kappa shape index (κ3) is 3.23. The van der Waals surface area contributed by atoms with Crippen LogP contribution < -0.4 is 0 Å². The summed E-state index contributed by atoms with van der Waals surface area (Å²) in [5, 5.41) is 8.48. The first-order valence-corrected chi connectivity index (χ1v) is 5.22. The molecule has 1 aromatic rings. The summed E-state index contributed by atoms with van der Waals surface area (Å²) in [4.78, 5) is 13.9. The predicted octanol–water partition coefficient (Wildman–Crippen LogP) is 2.90. The van der Waals surface area contributed by atoms with Crippen molar-refractivity contribution in [3.8, 4) is 0 Å². The summed E-state index contributed by atoms with van der Waals surface area (Å²) in [7, 11) is 0. The zero-order valence-corrected chi connectivity index (χ0v) is 10.1. The molecule has 0 atom stereocenters. The summed E-state index contributed by atoms with van der Waals surface area (Å²) in [6.07, 6.45) is -3.31. The van der Waals surface area contributed by atoms with E-state index in [1.807, 2.05) is 0 Å². The Hall–Kier alpha value is -0.500. The second-order valence-electron chi connectivity index (χ2n) is 2.68. The fourth-order valence-corrected chi connectivity index (χ4v) is 1.65. The molecule has 0 bridgehead atoms. The number of rotatable bonds is 3. The molecule has 0 unspecified atom stereocenters. The van der Waals surface area contributed by atoms with Crippen LogP contribution in [0.1, 0.15) is 17.7 Å². The molecular formula is C8H5ClF2INO2. The fourth-order valence-electron chi connectivity index (χ4n) is 1.01. The van der Waals surface area contributed by atoms with Crippen LogP contribution in [0.25, 0.3) is 0 Å². The van der Waals surface area contributed by atoms with Gasteiger partial charge in [-0.3, -0.25) is 4.79 Å². The van der Waals surface area contributed by atoms with E-state index in [0.29, 0.717) is 3.57 Å². The minimum atomic E-state index is -2.83. The van der Waals surface area contributed by atoms with E-state index in [-0.39, 0.29) is 10.7 Å². The molecule has 1 rings (SSSR count). The van der Waals surface area contributed by atoms with Crippen molar-refractivity contribution in [3.63, 3.8) is 0 Å². The van der Waals surface area contributed by atoms with Gasteiger partial charge in [-0.1, -0.05) is 11.6 Å². The van der Waals surface area contributed by atoms with Crippen molar-refractivity contribution < 1.29 is 18.7 Å². The van der Waals surface area contributed by atoms with E-state index in [0.717, 1.165) is 0 Å². The van der Waals surface area contributed by atoms with Crippen molar-refractivity contribution in [2.24, 2.45) is 0 Å². The van der Waals surface area contributed by atoms with Gasteiger partial charge in [0.1, 0.15) is 10.8 Å². The Balaban J connectivity index is 3.21. The molecule has 3 nitrogen and oxygen atoms in total. The number of alkyl halides is 2. The highest BCUT2D eigenvalue weighted by Gasteiger charge is 2.19. The summed E-state index contributed by atoms with van der Waals surface area (Å²) in [5.74, 6) is -1.18. The van der Waals surface area contributed by atoms with Gasteiger partial charge in [0, 0.05) is 0 Å². The van der Waals surface area contributed by atoms with E-state index in [1.54, 1.807) is 22.6 Å². The van der Waals surface area contributed by atoms with Crippen LogP contribution in [-0.2, 0) is 11.2 Å². The van der Waals surface area contributed by atoms with Crippen LogP contribution >= 0.6 is 34.2 Å². The first-order valence-electron chi connectivity index (χ1n) is 3.76. The van der Waals surface area contributed by atoms with Crippen LogP contribution in [-0.4, -0.2) is 16.1 Å². The summed E-state index contributed by atoms with van der Waals surface area (Å²) in [6.45, 7) is 0. The molecule has 0 radical (unpaired) electrons. The van der Waals surface area contributed by atoms with Gasteiger partial charge in [0.25, 0.3) is 6.43 Å². The summed E-state index contributed by atoms with van der Waals surface area (Å²) >= 11 is 7.37. The van der Waals surface area contributed by atoms with Crippen LogP contribution in [0, 0.1) is 3.57 Å². The average Bonchev–Trinajstić information content (AvgIpc) is 2.09. The largest absolute Gasteiger partial charge is 0.481 e. The average molecular weight is 347 g/mol. The van der Waals surface area contributed by atoms with E-state index in [1.165, 1.54) is 6.07 Å². The summed E-state index contributed by atoms with van der Waals surface area (Å²) in [6, 6.07) is 1.31. The van der Waals surface area contributed by atoms with Crippen molar-refractivity contribution in [2.45, 2.75) is 12.8 Å². The number of aliphatic carboxylic acids is 1. The molecule has 0 amide bonds. The lowest BCUT2D eigenvalue weighted by Crippen LogP contribution is -2.07. The smallest absolute Gasteiger partial charge is 0.307 e. The zero-order valence-electron chi connectivity index (χ0n) is 7.18. The molecule has 15 heavy (non-hydrogen) atoms. The molecule has 0 aliphatic rings. The third-order valence-electron chi connectivity index (χ3n) is 1.59. The minimum absolute atomic E-state index is 0.00806. The Morgan fingerprint density at radius 3 is 2.73 bits per heavy atom. The topological polar surface area (TPSA) is 50.2 Å². The van der Waals surface area contributed by atoms with Crippen molar-refractivity contribution in [3.05, 3.63) is 26.0 Å². The maximum Gasteiger partial charge on any atom is 0.307 e. The van der Waals surface area contributed by atoms with E-state index in [4.69, 9.17) is 16.7 Å². The number of carboxylic acids is 1. The van der Waals surface area contributed by atoms with E-state index >= 15 is 0 Å². The molecule has 1 aromatic heterocycles. The van der Waals surface area contributed by atoms with Gasteiger partial charge < -0.3 is 5.11 Å². The number of hydrogen-bond acceptors (Lipinski definition) is 2. The molecule has 0 fully saturated rings. The highest BCUT2D eigenvalue weighted by Crippen LogP contribution is 2.26. The Bertz CT molecular complexity index is 400. The second-order valence-corrected chi connectivity index (χ2v) is 4.20. The van der Waals surface area contributed by atoms with Crippen LogP contribution in [0.15, 0.2) is 6.07 Å². The minimum Gasteiger partial charge on any atom is -0.481 e. The Morgan fingerprint density at radius 2 is 2.27 bits per heavy atom. The molecule has 7 heteroatoms. The number of hydrogen-bond donors (Lipinski definition) is 1. The molecule has 1 N–H and O–H groups in total. The number of aromatic nitrogens is 1. The van der Waals surface area contributed by atoms with E-state index in [9.17, 15) is 13.6 Å². The highest BCUT2D eigenvalue weighted by atomic mass is 127. The van der Waals surface area contributed by atoms with Gasteiger partial charge in [-0.2, -0.15) is 0 Å². The molecule has 0 aliphatic carbocycles. The number of carboxylic acid groups (broad SMARTS) is 1. The summed E-state index contributed by atoms with van der Waals surface area (Å²) < 4.78 is 25.4. The van der Waals surface area contributed by atoms with Gasteiger partial charge in [0.05, 0.1) is 9.99 Å². The Kier molecular flexibility index (Phi) is 4.21. The van der Waals surface area contributed by atoms with Gasteiger partial charge >= 0.3 is 5.97 Å². The highest BCUT2D eigenvalue weighted by molar-refractivity contribution is 14.1. The van der Waals surface area contributed by atoms with Gasteiger partial charge in [-0.15, -0.1) is 0 Å². The van der Waals surface area contributed by atoms with Gasteiger partial charge in [-0.25, -0.2) is 13.8 Å². The SMILES string of the molecule is O=C(O)Cc1cc(I)c(Cl)nc1C(F)F.